The quantitative estimate of drug-likeness (QED) is 0.724. The molecule has 1 unspecified atom stereocenters. The van der Waals surface area contributed by atoms with Gasteiger partial charge in [-0.3, -0.25) is 9.52 Å². The summed E-state index contributed by atoms with van der Waals surface area (Å²) in [5, 5.41) is 3.55. The van der Waals surface area contributed by atoms with Crippen molar-refractivity contribution in [2.24, 2.45) is 5.14 Å². The van der Waals surface area contributed by atoms with Gasteiger partial charge in [0.2, 0.25) is 20.0 Å². The fraction of sp³-hybridized carbons (Fsp3) is 0.364. The summed E-state index contributed by atoms with van der Waals surface area (Å²) in [4.78, 5) is 11.1. The number of ether oxygens (including phenoxy) is 1. The van der Waals surface area contributed by atoms with Crippen LogP contribution < -0.4 is 9.86 Å². The number of nitrogens with two attached hydrogens (primary N) is 1. The number of hydrogen-bond donors (Lipinski definition) is 2. The second-order valence-electron chi connectivity index (χ2n) is 4.33. The minimum absolute atomic E-state index is 0.0253. The minimum Gasteiger partial charge on any atom is -0.468 e. The van der Waals surface area contributed by atoms with Crippen LogP contribution in [-0.2, 0) is 29.6 Å². The van der Waals surface area contributed by atoms with Gasteiger partial charge < -0.3 is 4.74 Å². The molecule has 0 saturated carbocycles. The maximum Gasteiger partial charge on any atom is 0.325 e. The number of esters is 1. The van der Waals surface area contributed by atoms with Crippen molar-refractivity contribution >= 4 is 31.7 Å². The van der Waals surface area contributed by atoms with Gasteiger partial charge in [0.1, 0.15) is 0 Å². The molecule has 0 aliphatic heterocycles. The highest BCUT2D eigenvalue weighted by molar-refractivity contribution is 7.94. The third kappa shape index (κ3) is 4.16. The van der Waals surface area contributed by atoms with Crippen LogP contribution in [0.3, 0.4) is 0 Å². The second-order valence-corrected chi connectivity index (χ2v) is 7.90. The number of carbonyl (C=O) groups is 1. The van der Waals surface area contributed by atoms with Crippen molar-refractivity contribution < 1.29 is 26.4 Å². The van der Waals surface area contributed by atoms with Crippen molar-refractivity contribution in [1.82, 2.24) is 0 Å². The van der Waals surface area contributed by atoms with Gasteiger partial charge in [0.15, 0.2) is 5.25 Å². The number of carbonyl (C=O) groups excluding carboxylic acids is 1. The SMILES string of the molecule is COC(=O)C(C)S(=O)(=O)Nc1cc(S(N)(=O)=O)ccc1C. The van der Waals surface area contributed by atoms with E-state index >= 15 is 0 Å². The molecule has 0 aliphatic carbocycles. The van der Waals surface area contributed by atoms with E-state index in [4.69, 9.17) is 5.14 Å². The summed E-state index contributed by atoms with van der Waals surface area (Å²) in [6, 6.07) is 3.75. The van der Waals surface area contributed by atoms with Crippen molar-refractivity contribution in [2.45, 2.75) is 24.0 Å². The predicted molar refractivity (Wildman–Crippen MR) is 76.6 cm³/mol. The van der Waals surface area contributed by atoms with E-state index in [2.05, 4.69) is 9.46 Å². The highest BCUT2D eigenvalue weighted by Crippen LogP contribution is 2.21. The van der Waals surface area contributed by atoms with Crippen LogP contribution >= 0.6 is 0 Å². The van der Waals surface area contributed by atoms with Crippen LogP contribution in [0, 0.1) is 6.92 Å². The zero-order valence-corrected chi connectivity index (χ0v) is 13.3. The highest BCUT2D eigenvalue weighted by Gasteiger charge is 2.29. The van der Waals surface area contributed by atoms with E-state index in [-0.39, 0.29) is 10.6 Å². The first-order chi connectivity index (χ1) is 9.49. The predicted octanol–water partition coefficient (Wildman–Crippen LogP) is -0.0544. The molecule has 118 valence electrons. The molecule has 1 aromatic carbocycles. The van der Waals surface area contributed by atoms with Gasteiger partial charge in [0.05, 0.1) is 17.7 Å². The van der Waals surface area contributed by atoms with Gasteiger partial charge in [-0.2, -0.15) is 0 Å². The van der Waals surface area contributed by atoms with Gasteiger partial charge in [-0.05, 0) is 31.5 Å². The van der Waals surface area contributed by atoms with E-state index in [1.807, 2.05) is 0 Å². The topological polar surface area (TPSA) is 133 Å². The fourth-order valence-corrected chi connectivity index (χ4v) is 3.01. The normalized spacial score (nSPS) is 13.5. The lowest BCUT2D eigenvalue weighted by Crippen LogP contribution is -2.33. The van der Waals surface area contributed by atoms with Crippen molar-refractivity contribution in [3.8, 4) is 0 Å². The van der Waals surface area contributed by atoms with E-state index in [1.165, 1.54) is 12.1 Å². The number of anilines is 1. The molecule has 0 radical (unpaired) electrons. The van der Waals surface area contributed by atoms with Crippen molar-refractivity contribution in [3.05, 3.63) is 23.8 Å². The van der Waals surface area contributed by atoms with Crippen LogP contribution in [0.1, 0.15) is 12.5 Å². The van der Waals surface area contributed by atoms with Gasteiger partial charge in [-0.25, -0.2) is 22.0 Å². The summed E-state index contributed by atoms with van der Waals surface area (Å²) in [6.45, 7) is 2.74. The monoisotopic (exact) mass is 336 g/mol. The average Bonchev–Trinajstić information content (AvgIpc) is 2.37. The van der Waals surface area contributed by atoms with Crippen LogP contribution in [0.4, 0.5) is 5.69 Å². The Balaban J connectivity index is 3.22. The van der Waals surface area contributed by atoms with Crippen LogP contribution in [0.25, 0.3) is 0 Å². The van der Waals surface area contributed by atoms with E-state index in [0.29, 0.717) is 5.56 Å². The summed E-state index contributed by atoms with van der Waals surface area (Å²) in [5.41, 5.74) is 0.500. The Hall–Kier alpha value is -1.65. The standard InChI is InChI=1S/C11H16N2O6S2/c1-7-4-5-9(20(12,15)16)6-10(7)13-21(17,18)8(2)11(14)19-3/h4-6,8,13H,1-3H3,(H2,12,15,16). The van der Waals surface area contributed by atoms with Crippen molar-refractivity contribution in [3.63, 3.8) is 0 Å². The molecule has 3 N–H and O–H groups in total. The lowest BCUT2D eigenvalue weighted by molar-refractivity contribution is -0.139. The van der Waals surface area contributed by atoms with E-state index in [9.17, 15) is 21.6 Å². The molecule has 0 spiro atoms. The molecule has 1 rings (SSSR count). The summed E-state index contributed by atoms with van der Waals surface area (Å²) in [5.74, 6) is -0.928. The third-order valence-electron chi connectivity index (χ3n) is 2.79. The molecular weight excluding hydrogens is 320 g/mol. The molecular formula is C11H16N2O6S2. The number of aryl methyl sites for hydroxylation is 1. The number of sulfonamides is 2. The molecule has 0 fully saturated rings. The molecule has 8 nitrogen and oxygen atoms in total. The van der Waals surface area contributed by atoms with E-state index in [0.717, 1.165) is 20.1 Å². The molecule has 0 aromatic heterocycles. The minimum atomic E-state index is -4.07. The zero-order valence-electron chi connectivity index (χ0n) is 11.7. The van der Waals surface area contributed by atoms with Gasteiger partial charge in [-0.15, -0.1) is 0 Å². The number of nitrogens with one attached hydrogen (secondary N) is 1. The average molecular weight is 336 g/mol. The van der Waals surface area contributed by atoms with Gasteiger partial charge in [-0.1, -0.05) is 6.07 Å². The molecule has 1 atom stereocenters. The van der Waals surface area contributed by atoms with Crippen molar-refractivity contribution in [2.75, 3.05) is 11.8 Å². The first-order valence-corrected chi connectivity index (χ1v) is 8.81. The molecule has 0 amide bonds. The lowest BCUT2D eigenvalue weighted by Gasteiger charge is -2.15. The van der Waals surface area contributed by atoms with Crippen LogP contribution in [0.2, 0.25) is 0 Å². The van der Waals surface area contributed by atoms with Gasteiger partial charge in [0.25, 0.3) is 0 Å². The summed E-state index contributed by atoms with van der Waals surface area (Å²) < 4.78 is 53.1. The molecule has 1 aromatic rings. The molecule has 0 heterocycles. The first kappa shape index (κ1) is 17.4. The van der Waals surface area contributed by atoms with Gasteiger partial charge in [0, 0.05) is 0 Å². The highest BCUT2D eigenvalue weighted by atomic mass is 32.2. The van der Waals surface area contributed by atoms with Gasteiger partial charge >= 0.3 is 5.97 Å². The fourth-order valence-electron chi connectivity index (χ4n) is 1.42. The van der Waals surface area contributed by atoms with E-state index < -0.39 is 31.3 Å². The lowest BCUT2D eigenvalue weighted by atomic mass is 10.2. The summed E-state index contributed by atoms with van der Waals surface area (Å²) in [7, 11) is -6.96. The largest absolute Gasteiger partial charge is 0.468 e. The summed E-state index contributed by atoms with van der Waals surface area (Å²) in [6.07, 6.45) is 0. The molecule has 0 bridgehead atoms. The van der Waals surface area contributed by atoms with E-state index in [1.54, 1.807) is 6.92 Å². The van der Waals surface area contributed by atoms with Crippen LogP contribution in [0.5, 0.6) is 0 Å². The van der Waals surface area contributed by atoms with Crippen LogP contribution in [0.15, 0.2) is 23.1 Å². The maximum atomic E-state index is 12.0. The Bertz CT molecular complexity index is 755. The Kier molecular flexibility index (Phi) is 4.97. The maximum absolute atomic E-state index is 12.0. The Labute approximate surface area is 123 Å². The summed E-state index contributed by atoms with van der Waals surface area (Å²) >= 11 is 0. The molecule has 0 saturated heterocycles. The zero-order chi connectivity index (χ0) is 16.4. The molecule has 21 heavy (non-hydrogen) atoms. The van der Waals surface area contributed by atoms with Crippen LogP contribution in [-0.4, -0.2) is 35.2 Å². The Morgan fingerprint density at radius 1 is 1.29 bits per heavy atom. The number of methoxy groups -OCH3 is 1. The number of rotatable bonds is 5. The second kappa shape index (κ2) is 6.00. The molecule has 10 heteroatoms. The number of hydrogen-bond acceptors (Lipinski definition) is 6. The smallest absolute Gasteiger partial charge is 0.325 e. The molecule has 0 aliphatic rings. The van der Waals surface area contributed by atoms with Crippen molar-refractivity contribution in [1.29, 1.82) is 0 Å². The number of primary sulfonamides is 1. The Morgan fingerprint density at radius 3 is 2.33 bits per heavy atom. The third-order valence-corrected chi connectivity index (χ3v) is 5.33. The Morgan fingerprint density at radius 2 is 1.86 bits per heavy atom. The number of benzene rings is 1. The first-order valence-electron chi connectivity index (χ1n) is 5.72.